The lowest BCUT2D eigenvalue weighted by Crippen LogP contribution is -2.53. The highest BCUT2D eigenvalue weighted by molar-refractivity contribution is 5.83. The van der Waals surface area contributed by atoms with Crippen LogP contribution < -0.4 is 9.47 Å². The number of methoxy groups -OCH3 is 2. The van der Waals surface area contributed by atoms with Gasteiger partial charge in [0, 0.05) is 49.5 Å². The molecule has 2 aliphatic rings. The summed E-state index contributed by atoms with van der Waals surface area (Å²) in [5.74, 6) is 1.51. The van der Waals surface area contributed by atoms with Gasteiger partial charge < -0.3 is 14.4 Å². The molecule has 0 unspecified atom stereocenters. The minimum atomic E-state index is -0.286. The Morgan fingerprint density at radius 1 is 1.00 bits per heavy atom. The molecular weight excluding hydrogens is 488 g/mol. The zero-order chi connectivity index (χ0) is 27.6. The number of fused-ring (bicyclic) bond motifs is 1. The van der Waals surface area contributed by atoms with E-state index < -0.39 is 0 Å². The summed E-state index contributed by atoms with van der Waals surface area (Å²) >= 11 is 0. The number of nitrogens with zero attached hydrogens (tertiary/aromatic N) is 4. The van der Waals surface area contributed by atoms with Crippen molar-refractivity contribution in [2.45, 2.75) is 58.7 Å². The number of benzene rings is 2. The monoisotopic (exact) mass is 528 g/mol. The van der Waals surface area contributed by atoms with Crippen molar-refractivity contribution >= 4 is 16.9 Å². The molecule has 0 N–H and O–H groups in total. The van der Waals surface area contributed by atoms with E-state index in [2.05, 4.69) is 59.0 Å². The number of hydrogen-bond acceptors (Lipinski definition) is 5. The van der Waals surface area contributed by atoms with E-state index in [0.29, 0.717) is 13.1 Å². The number of urea groups is 1. The molecule has 0 saturated carbocycles. The Morgan fingerprint density at radius 3 is 2.46 bits per heavy atom. The molecule has 2 amide bonds. The van der Waals surface area contributed by atoms with Crippen LogP contribution in [0.4, 0.5) is 4.79 Å². The number of allylic oxidation sites excluding steroid dienone is 1. The van der Waals surface area contributed by atoms with Crippen LogP contribution in [0.25, 0.3) is 10.9 Å². The zero-order valence-electron chi connectivity index (χ0n) is 23.9. The number of likely N-dealkylation sites (tertiary alicyclic amines) is 1. The molecule has 206 valence electrons. The second-order valence-corrected chi connectivity index (χ2v) is 10.5. The maximum absolute atomic E-state index is 14.0. The third-order valence-corrected chi connectivity index (χ3v) is 8.48. The van der Waals surface area contributed by atoms with Crippen LogP contribution in [-0.2, 0) is 13.1 Å². The maximum atomic E-state index is 14.0. The number of carbonyl (C=O) groups excluding carboxylic acids is 1. The first-order valence-corrected chi connectivity index (χ1v) is 14.0. The number of aromatic nitrogens is 1. The van der Waals surface area contributed by atoms with Gasteiger partial charge in [-0.05, 0) is 61.9 Å². The van der Waals surface area contributed by atoms with E-state index in [9.17, 15) is 4.79 Å². The van der Waals surface area contributed by atoms with Crippen LogP contribution in [0.1, 0.15) is 49.8 Å². The van der Waals surface area contributed by atoms with Crippen molar-refractivity contribution in [1.29, 1.82) is 0 Å². The molecule has 7 heteroatoms. The fourth-order valence-corrected chi connectivity index (χ4v) is 6.43. The molecule has 2 fully saturated rings. The van der Waals surface area contributed by atoms with Crippen molar-refractivity contribution in [3.8, 4) is 11.5 Å². The number of hydrogen-bond donors (Lipinski definition) is 0. The van der Waals surface area contributed by atoms with E-state index in [4.69, 9.17) is 9.47 Å². The molecule has 0 bridgehead atoms. The van der Waals surface area contributed by atoms with Gasteiger partial charge >= 0.3 is 6.03 Å². The van der Waals surface area contributed by atoms with Gasteiger partial charge in [-0.25, -0.2) is 4.79 Å². The lowest BCUT2D eigenvalue weighted by molar-refractivity contribution is 0.0890. The normalized spacial score (nSPS) is 18.5. The summed E-state index contributed by atoms with van der Waals surface area (Å²) in [5, 5.41) is 1.18. The van der Waals surface area contributed by atoms with Crippen LogP contribution in [0.3, 0.4) is 0 Å². The van der Waals surface area contributed by atoms with Crippen molar-refractivity contribution < 1.29 is 14.3 Å². The van der Waals surface area contributed by atoms with Gasteiger partial charge in [0.15, 0.2) is 0 Å². The van der Waals surface area contributed by atoms with E-state index >= 15 is 0 Å². The van der Waals surface area contributed by atoms with Crippen LogP contribution in [0.15, 0.2) is 60.4 Å². The second kappa shape index (κ2) is 11.3. The third kappa shape index (κ3) is 4.84. The van der Waals surface area contributed by atoms with E-state index in [1.54, 1.807) is 14.2 Å². The standard InChI is InChI=1S/C32H40N4O3/c1-6-10-29-32(14-17-34(18-15-32)21-25-12-8-11-24-13-9-16-33-30(24)25)36(7-2)31(37)35(29)22-26-19-27(38-4)20-28(39-5)23(26)3/h8-13,16,19-20H,6-7,14-15,17-18,21-22H2,1-5H3/b29-10-. The highest BCUT2D eigenvalue weighted by Crippen LogP contribution is 2.45. The topological polar surface area (TPSA) is 58.1 Å². The Bertz CT molecular complexity index is 1370. The third-order valence-electron chi connectivity index (χ3n) is 8.48. The smallest absolute Gasteiger partial charge is 0.325 e. The van der Waals surface area contributed by atoms with Gasteiger partial charge in [0.25, 0.3) is 0 Å². The molecule has 3 heterocycles. The number of para-hydroxylation sites is 1. The Kier molecular flexibility index (Phi) is 7.80. The van der Waals surface area contributed by atoms with Gasteiger partial charge in [-0.3, -0.25) is 14.8 Å². The Balaban J connectivity index is 1.41. The SMILES string of the molecule is CC/C=C1\N(Cc2cc(OC)cc(OC)c2C)C(=O)N(CC)C12CCN(Cc1cccc3cccnc13)CC2. The van der Waals surface area contributed by atoms with Crippen molar-refractivity contribution in [2.24, 2.45) is 0 Å². The van der Waals surface area contributed by atoms with Gasteiger partial charge in [-0.15, -0.1) is 0 Å². The van der Waals surface area contributed by atoms with E-state index in [0.717, 1.165) is 72.7 Å². The van der Waals surface area contributed by atoms with Gasteiger partial charge in [-0.1, -0.05) is 37.3 Å². The van der Waals surface area contributed by atoms with Crippen LogP contribution in [-0.4, -0.2) is 65.1 Å². The molecule has 0 atom stereocenters. The van der Waals surface area contributed by atoms with Crippen LogP contribution in [0, 0.1) is 6.92 Å². The van der Waals surface area contributed by atoms with Crippen molar-refractivity contribution in [2.75, 3.05) is 33.9 Å². The number of likely N-dealkylation sites (N-methyl/N-ethyl adjacent to an activating group) is 1. The molecule has 2 aromatic carbocycles. The molecule has 39 heavy (non-hydrogen) atoms. The molecule has 0 radical (unpaired) electrons. The van der Waals surface area contributed by atoms with E-state index in [1.165, 1.54) is 10.9 Å². The quantitative estimate of drug-likeness (QED) is 0.351. The molecular formula is C32H40N4O3. The van der Waals surface area contributed by atoms with Gasteiger partial charge in [0.2, 0.25) is 0 Å². The summed E-state index contributed by atoms with van der Waals surface area (Å²) in [6, 6.07) is 14.5. The van der Waals surface area contributed by atoms with Crippen molar-refractivity contribution in [3.05, 3.63) is 77.1 Å². The van der Waals surface area contributed by atoms with Crippen LogP contribution in [0.5, 0.6) is 11.5 Å². The number of carbonyl (C=O) groups is 1. The minimum Gasteiger partial charge on any atom is -0.497 e. The molecule has 0 aliphatic carbocycles. The first-order chi connectivity index (χ1) is 18.9. The van der Waals surface area contributed by atoms with E-state index in [-0.39, 0.29) is 11.6 Å². The highest BCUT2D eigenvalue weighted by Gasteiger charge is 2.53. The molecule has 1 spiro atoms. The molecule has 3 aromatic rings. The maximum Gasteiger partial charge on any atom is 0.325 e. The average Bonchev–Trinajstić information content (AvgIpc) is 3.17. The molecule has 2 saturated heterocycles. The Labute approximate surface area is 232 Å². The van der Waals surface area contributed by atoms with Gasteiger partial charge in [-0.2, -0.15) is 0 Å². The largest absolute Gasteiger partial charge is 0.497 e. The summed E-state index contributed by atoms with van der Waals surface area (Å²) in [6.07, 6.45) is 6.84. The highest BCUT2D eigenvalue weighted by atomic mass is 16.5. The molecule has 7 nitrogen and oxygen atoms in total. The van der Waals surface area contributed by atoms with Gasteiger partial charge in [0.05, 0.1) is 31.8 Å². The number of amides is 2. The summed E-state index contributed by atoms with van der Waals surface area (Å²) in [5.41, 5.74) is 5.26. The number of pyridine rings is 1. The predicted molar refractivity (Wildman–Crippen MR) is 155 cm³/mol. The van der Waals surface area contributed by atoms with Crippen LogP contribution >= 0.6 is 0 Å². The fraction of sp³-hybridized carbons (Fsp3) is 0.438. The number of ether oxygens (including phenoxy) is 2. The summed E-state index contributed by atoms with van der Waals surface area (Å²) in [4.78, 5) is 25.2. The predicted octanol–water partition coefficient (Wildman–Crippen LogP) is 6.15. The summed E-state index contributed by atoms with van der Waals surface area (Å²) in [6.45, 7) is 10.2. The summed E-state index contributed by atoms with van der Waals surface area (Å²) in [7, 11) is 3.33. The lowest BCUT2D eigenvalue weighted by atomic mass is 9.82. The second-order valence-electron chi connectivity index (χ2n) is 10.5. The van der Waals surface area contributed by atoms with Crippen molar-refractivity contribution in [1.82, 2.24) is 19.7 Å². The average molecular weight is 529 g/mol. The molecule has 2 aliphatic heterocycles. The zero-order valence-corrected chi connectivity index (χ0v) is 23.9. The first kappa shape index (κ1) is 27.0. The Morgan fingerprint density at radius 2 is 1.77 bits per heavy atom. The van der Waals surface area contributed by atoms with Crippen LogP contribution in [0.2, 0.25) is 0 Å². The fourth-order valence-electron chi connectivity index (χ4n) is 6.43. The molecule has 5 rings (SSSR count). The molecule has 1 aromatic heterocycles. The number of rotatable bonds is 8. The van der Waals surface area contributed by atoms with Gasteiger partial charge in [0.1, 0.15) is 11.5 Å². The first-order valence-electron chi connectivity index (χ1n) is 14.0. The lowest BCUT2D eigenvalue weighted by Gasteiger charge is -2.44. The van der Waals surface area contributed by atoms with Crippen molar-refractivity contribution in [3.63, 3.8) is 0 Å². The minimum absolute atomic E-state index is 0.0880. The summed E-state index contributed by atoms with van der Waals surface area (Å²) < 4.78 is 11.2. The van der Waals surface area contributed by atoms with E-state index in [1.807, 2.05) is 36.2 Å². The number of piperidine rings is 1. The Hall–Kier alpha value is -3.58.